The number of anilines is 1. The molecule has 1 N–H and O–H groups in total. The van der Waals surface area contributed by atoms with E-state index >= 15 is 0 Å². The van der Waals surface area contributed by atoms with E-state index in [0.717, 1.165) is 15.9 Å². The lowest BCUT2D eigenvalue weighted by Gasteiger charge is -2.08. The molecule has 0 aliphatic carbocycles. The second-order valence-corrected chi connectivity index (χ2v) is 5.60. The van der Waals surface area contributed by atoms with Crippen LogP contribution in [0.15, 0.2) is 58.5 Å². The maximum Gasteiger partial charge on any atom is 0.224 e. The lowest BCUT2D eigenvalue weighted by Crippen LogP contribution is -1.98. The van der Waals surface area contributed by atoms with Crippen LogP contribution in [0.3, 0.4) is 0 Å². The van der Waals surface area contributed by atoms with Gasteiger partial charge in [0.25, 0.3) is 0 Å². The van der Waals surface area contributed by atoms with Crippen molar-refractivity contribution in [1.82, 2.24) is 9.97 Å². The number of benzene rings is 2. The molecule has 20 heavy (non-hydrogen) atoms. The predicted octanol–water partition coefficient (Wildman–Crippen LogP) is 4.13. The summed E-state index contributed by atoms with van der Waals surface area (Å²) in [6, 6.07) is 16.5. The number of hydrogen-bond acceptors (Lipinski definition) is 4. The van der Waals surface area contributed by atoms with Gasteiger partial charge < -0.3 is 5.32 Å². The topological polar surface area (TPSA) is 37.8 Å². The molecule has 0 aliphatic rings. The van der Waals surface area contributed by atoms with Crippen molar-refractivity contribution in [2.24, 2.45) is 0 Å². The van der Waals surface area contributed by atoms with Crippen molar-refractivity contribution in [2.45, 2.75) is 16.8 Å². The Balaban J connectivity index is 2.10. The van der Waals surface area contributed by atoms with Crippen LogP contribution in [0.5, 0.6) is 0 Å². The van der Waals surface area contributed by atoms with Crippen LogP contribution >= 0.6 is 11.8 Å². The molecule has 0 saturated carbocycles. The second kappa shape index (κ2) is 5.51. The van der Waals surface area contributed by atoms with Crippen LogP contribution in [0.2, 0.25) is 0 Å². The highest BCUT2D eigenvalue weighted by Gasteiger charge is 2.08. The third-order valence-corrected chi connectivity index (χ3v) is 3.99. The average molecular weight is 281 g/mol. The standard InChI is InChI=1S/C16H15N3S/c1-11-6-5-7-12(10-11)20-15-13-8-3-4-9-14(13)18-16(17-2)19-15/h3-10H,1-2H3,(H,17,18,19). The number of para-hydroxylation sites is 1. The molecule has 0 fully saturated rings. The van der Waals surface area contributed by atoms with Gasteiger partial charge >= 0.3 is 0 Å². The molecule has 0 unspecified atom stereocenters. The quantitative estimate of drug-likeness (QED) is 0.732. The molecule has 0 saturated heterocycles. The van der Waals surface area contributed by atoms with Crippen LogP contribution in [0.1, 0.15) is 5.56 Å². The number of aryl methyl sites for hydroxylation is 1. The number of fused-ring (bicyclic) bond motifs is 1. The van der Waals surface area contributed by atoms with Crippen LogP contribution in [0, 0.1) is 6.92 Å². The van der Waals surface area contributed by atoms with Crippen molar-refractivity contribution in [3.8, 4) is 0 Å². The summed E-state index contributed by atoms with van der Waals surface area (Å²) in [7, 11) is 1.84. The maximum absolute atomic E-state index is 4.59. The van der Waals surface area contributed by atoms with Crippen LogP contribution < -0.4 is 5.32 Å². The first kappa shape index (κ1) is 12.9. The highest BCUT2D eigenvalue weighted by molar-refractivity contribution is 7.99. The first-order valence-electron chi connectivity index (χ1n) is 6.45. The van der Waals surface area contributed by atoms with Gasteiger partial charge in [-0.25, -0.2) is 9.97 Å². The van der Waals surface area contributed by atoms with Crippen molar-refractivity contribution in [3.05, 3.63) is 54.1 Å². The van der Waals surface area contributed by atoms with E-state index in [4.69, 9.17) is 0 Å². The van der Waals surface area contributed by atoms with Crippen molar-refractivity contribution >= 4 is 28.6 Å². The molecule has 0 bridgehead atoms. The average Bonchev–Trinajstić information content (AvgIpc) is 2.47. The Morgan fingerprint density at radius 3 is 2.65 bits per heavy atom. The molecule has 3 rings (SSSR count). The Kier molecular flexibility index (Phi) is 3.56. The smallest absolute Gasteiger partial charge is 0.224 e. The Hall–Kier alpha value is -2.07. The zero-order valence-electron chi connectivity index (χ0n) is 11.4. The zero-order valence-corrected chi connectivity index (χ0v) is 12.2. The maximum atomic E-state index is 4.59. The van der Waals surface area contributed by atoms with Gasteiger partial charge in [-0.2, -0.15) is 0 Å². The summed E-state index contributed by atoms with van der Waals surface area (Å²) in [5.74, 6) is 0.652. The number of nitrogens with zero attached hydrogens (tertiary/aromatic N) is 2. The highest BCUT2D eigenvalue weighted by atomic mass is 32.2. The van der Waals surface area contributed by atoms with Gasteiger partial charge in [0.15, 0.2) is 0 Å². The molecule has 100 valence electrons. The van der Waals surface area contributed by atoms with Crippen LogP contribution in [-0.4, -0.2) is 17.0 Å². The van der Waals surface area contributed by atoms with Crippen molar-refractivity contribution in [1.29, 1.82) is 0 Å². The molecule has 0 atom stereocenters. The van der Waals surface area contributed by atoms with Gasteiger partial charge in [-0.1, -0.05) is 47.7 Å². The molecular weight excluding hydrogens is 266 g/mol. The van der Waals surface area contributed by atoms with Crippen LogP contribution in [0.4, 0.5) is 5.95 Å². The van der Waals surface area contributed by atoms with Gasteiger partial charge in [-0.15, -0.1) is 0 Å². The molecule has 1 heterocycles. The third kappa shape index (κ3) is 2.60. The molecular formula is C16H15N3S. The first-order valence-corrected chi connectivity index (χ1v) is 7.27. The molecule has 4 heteroatoms. The van der Waals surface area contributed by atoms with E-state index in [1.165, 1.54) is 10.5 Å². The Labute approximate surface area is 122 Å². The first-order chi connectivity index (χ1) is 9.76. The van der Waals surface area contributed by atoms with Crippen molar-refractivity contribution < 1.29 is 0 Å². The number of hydrogen-bond donors (Lipinski definition) is 1. The van der Waals surface area contributed by atoms with E-state index in [-0.39, 0.29) is 0 Å². The molecule has 0 amide bonds. The predicted molar refractivity (Wildman–Crippen MR) is 84.4 cm³/mol. The largest absolute Gasteiger partial charge is 0.357 e. The number of rotatable bonds is 3. The Morgan fingerprint density at radius 2 is 1.85 bits per heavy atom. The van der Waals surface area contributed by atoms with Crippen molar-refractivity contribution in [3.63, 3.8) is 0 Å². The SMILES string of the molecule is CNc1nc(Sc2cccc(C)c2)c2ccccc2n1. The summed E-state index contributed by atoms with van der Waals surface area (Å²) in [6.07, 6.45) is 0. The summed E-state index contributed by atoms with van der Waals surface area (Å²) >= 11 is 1.67. The van der Waals surface area contributed by atoms with E-state index in [0.29, 0.717) is 5.95 Å². The molecule has 0 aliphatic heterocycles. The fraction of sp³-hybridized carbons (Fsp3) is 0.125. The Morgan fingerprint density at radius 1 is 1.00 bits per heavy atom. The summed E-state index contributed by atoms with van der Waals surface area (Å²) in [4.78, 5) is 10.3. The molecule has 0 radical (unpaired) electrons. The normalized spacial score (nSPS) is 10.7. The van der Waals surface area contributed by atoms with E-state index in [2.05, 4.69) is 52.5 Å². The van der Waals surface area contributed by atoms with E-state index in [1.54, 1.807) is 11.8 Å². The molecule has 3 aromatic rings. The zero-order chi connectivity index (χ0) is 13.9. The van der Waals surface area contributed by atoms with Gasteiger partial charge in [0, 0.05) is 17.3 Å². The van der Waals surface area contributed by atoms with Crippen molar-refractivity contribution in [2.75, 3.05) is 12.4 Å². The molecule has 3 nitrogen and oxygen atoms in total. The minimum Gasteiger partial charge on any atom is -0.357 e. The minimum absolute atomic E-state index is 0.652. The van der Waals surface area contributed by atoms with E-state index in [1.807, 2.05) is 25.2 Å². The second-order valence-electron chi connectivity index (χ2n) is 4.54. The fourth-order valence-electron chi connectivity index (χ4n) is 2.03. The van der Waals surface area contributed by atoms with Crippen LogP contribution in [-0.2, 0) is 0 Å². The van der Waals surface area contributed by atoms with Gasteiger partial charge in [0.1, 0.15) is 5.03 Å². The molecule has 0 spiro atoms. The number of nitrogens with one attached hydrogen (secondary N) is 1. The molecule has 2 aromatic carbocycles. The lowest BCUT2D eigenvalue weighted by atomic mass is 10.2. The summed E-state index contributed by atoms with van der Waals surface area (Å²) in [5, 5.41) is 5.08. The van der Waals surface area contributed by atoms with Gasteiger partial charge in [0.05, 0.1) is 5.52 Å². The van der Waals surface area contributed by atoms with Gasteiger partial charge in [-0.3, -0.25) is 0 Å². The lowest BCUT2D eigenvalue weighted by molar-refractivity contribution is 1.09. The van der Waals surface area contributed by atoms with Gasteiger partial charge in [-0.05, 0) is 25.1 Å². The summed E-state index contributed by atoms with van der Waals surface area (Å²) < 4.78 is 0. The highest BCUT2D eigenvalue weighted by Crippen LogP contribution is 2.32. The van der Waals surface area contributed by atoms with E-state index in [9.17, 15) is 0 Å². The monoisotopic (exact) mass is 281 g/mol. The van der Waals surface area contributed by atoms with Crippen LogP contribution in [0.25, 0.3) is 10.9 Å². The fourth-order valence-corrected chi connectivity index (χ4v) is 3.06. The summed E-state index contributed by atoms with van der Waals surface area (Å²) in [6.45, 7) is 2.10. The molecule has 1 aromatic heterocycles. The third-order valence-electron chi connectivity index (χ3n) is 3.00. The van der Waals surface area contributed by atoms with Gasteiger partial charge in [0.2, 0.25) is 5.95 Å². The summed E-state index contributed by atoms with van der Waals surface area (Å²) in [5.41, 5.74) is 2.21. The minimum atomic E-state index is 0.652. The van der Waals surface area contributed by atoms with E-state index < -0.39 is 0 Å². The number of aromatic nitrogens is 2. The Bertz CT molecular complexity index is 756.